The van der Waals surface area contributed by atoms with Gasteiger partial charge in [0.15, 0.2) is 0 Å². The zero-order valence-electron chi connectivity index (χ0n) is 85.5. The number of fused-ring (bicyclic) bond motifs is 12. The summed E-state index contributed by atoms with van der Waals surface area (Å²) in [5.41, 5.74) is 21.3. The van der Waals surface area contributed by atoms with Crippen LogP contribution in [0.3, 0.4) is 0 Å². The first-order valence-corrected chi connectivity index (χ1v) is 65.6. The average molecular weight is 2770 g/mol. The molecule has 0 aliphatic heterocycles. The van der Waals surface area contributed by atoms with E-state index in [2.05, 4.69) is 346 Å². The molecule has 0 aliphatic carbocycles. The van der Waals surface area contributed by atoms with E-state index in [4.69, 9.17) is 0 Å². The van der Waals surface area contributed by atoms with E-state index in [-0.39, 0.29) is 80.4 Å². The summed E-state index contributed by atoms with van der Waals surface area (Å²) in [5.74, 6) is 0. The van der Waals surface area contributed by atoms with Gasteiger partial charge < -0.3 is 39.9 Å². The molecule has 12 aromatic carbocycles. The molecule has 148 heavy (non-hydrogen) atoms. The molecule has 0 bridgehead atoms. The van der Waals surface area contributed by atoms with Gasteiger partial charge in [-0.05, 0) is 184 Å². The quantitative estimate of drug-likeness (QED) is 0.0880. The first-order valence-electron chi connectivity index (χ1n) is 48.4. The van der Waals surface area contributed by atoms with E-state index >= 15 is 0 Å². The van der Waals surface area contributed by atoms with Crippen molar-refractivity contribution < 1.29 is 80.4 Å². The van der Waals surface area contributed by atoms with Crippen LogP contribution in [0.5, 0.6) is 0 Å². The van der Waals surface area contributed by atoms with Crippen LogP contribution in [0.15, 0.2) is 389 Å². The van der Waals surface area contributed by atoms with Crippen LogP contribution in [0.25, 0.3) is 171 Å². The second-order valence-electron chi connectivity index (χ2n) is 39.4. The van der Waals surface area contributed by atoms with Crippen molar-refractivity contribution in [2.45, 2.75) is 106 Å². The molecule has 0 spiro atoms. The second kappa shape index (κ2) is 52.1. The van der Waals surface area contributed by atoms with E-state index in [1.165, 1.54) is 119 Å². The zero-order valence-corrected chi connectivity index (χ0v) is 102. The van der Waals surface area contributed by atoms with E-state index in [0.717, 1.165) is 90.1 Å². The maximum atomic E-state index is 4.65. The molecule has 0 fully saturated rings. The van der Waals surface area contributed by atoms with Gasteiger partial charge >= 0.3 is 0 Å². The van der Waals surface area contributed by atoms with Gasteiger partial charge in [-0.2, -0.15) is 45.3 Å². The molecule has 4 radical (unpaired) electrons. The van der Waals surface area contributed by atoms with E-state index in [1.807, 2.05) is 258 Å². The van der Waals surface area contributed by atoms with Gasteiger partial charge in [0.25, 0.3) is 0 Å². The third-order valence-electron chi connectivity index (χ3n) is 24.4. The van der Waals surface area contributed by atoms with Crippen molar-refractivity contribution in [2.24, 2.45) is 0 Å². The number of nitrogens with zero attached hydrogens (tertiary/aromatic N) is 8. The fraction of sp³-hybridized carbons (Fsp3) is 0.125. The van der Waals surface area contributed by atoms with Crippen molar-refractivity contribution in [2.75, 3.05) is 0 Å². The van der Waals surface area contributed by atoms with Gasteiger partial charge in [0.1, 0.15) is 0 Å². The standard InChI is InChI=1S/4C21H20NSSi.4C11H8N.4Ir/c1-14-11-12-17(22-13-14)15-7-5-8-16-20-18(23-21(15)16)9-6-10-19(20)24(2,3)4;1-14-8-11-19(22-13-14)18-7-5-6-17-16-10-9-15(24(2,3)4)12-20(16)23-21(17)18;1-14-8-10-19(22-13-14)17-7-5-6-16-18-12-15(24(2,3)4)9-11-20(18)23-21(16)17;1-14-9-11-17(22-13-14)15-10-12-19(24(2,3)4)20-16-7-5-6-8-18(16)23-21(15)20;4*1-2-6-10(7-3-1)11-8-4-5-9-12-11;;;;/h3*5-6,8-13H,1-4H3;5-9,11-13H,1-4H3;4*1-6,8-9H;;;;/q8*-1;;;;. The average Bonchev–Trinajstić information content (AvgIpc) is 1.55. The predicted octanol–water partition coefficient (Wildman–Crippen LogP) is 33.3. The molecule has 24 aromatic rings. The Morgan fingerprint density at radius 2 is 0.547 bits per heavy atom. The minimum Gasteiger partial charge on any atom is -0.305 e. The van der Waals surface area contributed by atoms with Crippen LogP contribution in [-0.4, -0.2) is 72.2 Å². The number of benzene rings is 12. The van der Waals surface area contributed by atoms with Crippen LogP contribution in [-0.2, 0) is 80.4 Å². The molecule has 0 saturated heterocycles. The van der Waals surface area contributed by atoms with Crippen LogP contribution in [0.1, 0.15) is 22.3 Å². The number of hydrogen-bond acceptors (Lipinski definition) is 12. The molecule has 0 saturated carbocycles. The molecule has 0 amide bonds. The Hall–Kier alpha value is -11.8. The summed E-state index contributed by atoms with van der Waals surface area (Å²) in [4.78, 5) is 35.4. The number of pyridine rings is 8. The molecule has 12 heterocycles. The van der Waals surface area contributed by atoms with Gasteiger partial charge in [-0.3, -0.25) is 0 Å². The molecule has 0 aliphatic rings. The van der Waals surface area contributed by atoms with Crippen LogP contribution in [0.2, 0.25) is 78.6 Å². The summed E-state index contributed by atoms with van der Waals surface area (Å²) < 4.78 is 10.6. The molecule has 0 atom stereocenters. The summed E-state index contributed by atoms with van der Waals surface area (Å²) in [6, 6.07) is 142. The van der Waals surface area contributed by atoms with E-state index in [9.17, 15) is 0 Å². The van der Waals surface area contributed by atoms with E-state index in [1.54, 1.807) is 30.0 Å². The van der Waals surface area contributed by atoms with Crippen LogP contribution < -0.4 is 20.7 Å². The van der Waals surface area contributed by atoms with Crippen molar-refractivity contribution in [3.05, 3.63) is 460 Å². The number of rotatable bonds is 12. The molecule has 0 N–H and O–H groups in total. The van der Waals surface area contributed by atoms with E-state index in [0.29, 0.717) is 0 Å². The van der Waals surface area contributed by atoms with Gasteiger partial charge in [-0.15, -0.1) is 238 Å². The van der Waals surface area contributed by atoms with Crippen LogP contribution >= 0.6 is 45.3 Å². The molecule has 748 valence electrons. The third-order valence-corrected chi connectivity index (χ3v) is 37.3. The largest absolute Gasteiger partial charge is 0.305 e. The molecular formula is C128H112Ir4N8S4Si4-8. The maximum Gasteiger partial charge on any atom is 0.0783 e. The topological polar surface area (TPSA) is 103 Å². The second-order valence-corrected chi connectivity index (χ2v) is 63.9. The Morgan fingerprint density at radius 1 is 0.209 bits per heavy atom. The van der Waals surface area contributed by atoms with Crippen molar-refractivity contribution in [1.82, 2.24) is 39.9 Å². The minimum absolute atomic E-state index is 0. The molecule has 8 nitrogen and oxygen atoms in total. The number of hydrogen-bond donors (Lipinski definition) is 0. The monoisotopic (exact) mass is 2770 g/mol. The zero-order chi connectivity index (χ0) is 100. The van der Waals surface area contributed by atoms with Gasteiger partial charge in [0.2, 0.25) is 0 Å². The Balaban J connectivity index is 0.000000143. The van der Waals surface area contributed by atoms with E-state index < -0.39 is 32.3 Å². The Kier molecular flexibility index (Phi) is 39.9. The summed E-state index contributed by atoms with van der Waals surface area (Å²) in [6.45, 7) is 37.2. The Morgan fingerprint density at radius 3 is 0.926 bits per heavy atom. The Bertz CT molecular complexity index is 7910. The number of aryl methyl sites for hydroxylation is 4. The Labute approximate surface area is 945 Å². The van der Waals surface area contributed by atoms with Crippen LogP contribution in [0, 0.1) is 76.2 Å². The van der Waals surface area contributed by atoms with Crippen molar-refractivity contribution >= 4 is 179 Å². The molecule has 20 heteroatoms. The third kappa shape index (κ3) is 28.3. The minimum atomic E-state index is -1.46. The molecule has 24 rings (SSSR count). The number of aromatic nitrogens is 8. The smallest absolute Gasteiger partial charge is 0.0783 e. The van der Waals surface area contributed by atoms with Crippen molar-refractivity contribution in [3.8, 4) is 90.1 Å². The number of thiophene rings is 4. The molecular weight excluding hydrogens is 2660 g/mol. The molecule has 12 aromatic heterocycles. The normalized spacial score (nSPS) is 11.0. The van der Waals surface area contributed by atoms with Crippen molar-refractivity contribution in [3.63, 3.8) is 0 Å². The predicted molar refractivity (Wildman–Crippen MR) is 630 cm³/mol. The van der Waals surface area contributed by atoms with Gasteiger partial charge in [0, 0.05) is 157 Å². The summed E-state index contributed by atoms with van der Waals surface area (Å²) >= 11 is 7.46. The SMILES string of the molecule is Cc1ccc(-c2[c-]cc([Si](C)(C)C)c3c2sc2ccccc23)nc1.Cc1ccc(-c2[c-]ccc3c2sc2cc([Si](C)(C)C)ccc23)nc1.Cc1ccc(-c2[c-]ccc3c2sc2ccc([Si](C)(C)C)cc23)nc1.Cc1ccc(-c2[c-]ccc3c2sc2cccc([Si](C)(C)C)c23)nc1.[Ir].[Ir].[Ir].[Ir].[c-]1ccccc1-c1ccccn1.[c-]1ccccc1-c1ccccn1.[c-]1ccccc1-c1ccccn1.[c-]1ccccc1-c1ccccn1. The summed E-state index contributed by atoms with van der Waals surface area (Å²) in [7, 11) is -5.47. The maximum absolute atomic E-state index is 4.65. The summed E-state index contributed by atoms with van der Waals surface area (Å²) in [6.07, 6.45) is 14.9. The van der Waals surface area contributed by atoms with Crippen molar-refractivity contribution in [1.29, 1.82) is 0 Å². The van der Waals surface area contributed by atoms with Gasteiger partial charge in [-0.1, -0.05) is 267 Å². The van der Waals surface area contributed by atoms with Gasteiger partial charge in [-0.25, -0.2) is 0 Å². The molecule has 0 unspecified atom stereocenters. The fourth-order valence-electron chi connectivity index (χ4n) is 16.7. The van der Waals surface area contributed by atoms with Gasteiger partial charge in [0.05, 0.1) is 24.2 Å². The summed E-state index contributed by atoms with van der Waals surface area (Å²) in [5, 5.41) is 17.0. The first-order chi connectivity index (χ1) is 69.6. The first kappa shape index (κ1) is 113. The van der Waals surface area contributed by atoms with Crippen LogP contribution in [0.4, 0.5) is 0 Å². The fourth-order valence-corrected chi connectivity index (χ4v) is 27.4.